The Morgan fingerprint density at radius 1 is 1.09 bits per heavy atom. The highest BCUT2D eigenvalue weighted by atomic mass is 32.2. The number of carbonyl (C=O) groups is 1. The van der Waals surface area contributed by atoms with Crippen LogP contribution in [0.25, 0.3) is 11.3 Å². The van der Waals surface area contributed by atoms with Gasteiger partial charge in [-0.05, 0) is 26.0 Å². The minimum Gasteiger partial charge on any atom is -0.493 e. The number of benzene rings is 2. The topological polar surface area (TPSA) is 91.2 Å². The highest BCUT2D eigenvalue weighted by molar-refractivity contribution is 7.99. The summed E-state index contributed by atoms with van der Waals surface area (Å²) in [6.45, 7) is 4.91. The minimum absolute atomic E-state index is 0.143. The average Bonchev–Trinajstić information content (AvgIpc) is 3.44. The summed E-state index contributed by atoms with van der Waals surface area (Å²) < 4.78 is 13.1. The molecule has 0 aliphatic heterocycles. The van der Waals surface area contributed by atoms with Crippen LogP contribution in [-0.4, -0.2) is 38.5 Å². The summed E-state index contributed by atoms with van der Waals surface area (Å²) in [7, 11) is 1.60. The number of thioether (sulfide) groups is 1. The van der Waals surface area contributed by atoms with Gasteiger partial charge >= 0.3 is 0 Å². The Morgan fingerprint density at radius 2 is 1.82 bits per heavy atom. The molecule has 0 spiro atoms. The molecule has 0 saturated carbocycles. The Labute approximate surface area is 206 Å². The zero-order chi connectivity index (χ0) is 23.9. The molecule has 1 N–H and O–H groups in total. The van der Waals surface area contributed by atoms with Crippen molar-refractivity contribution in [2.24, 2.45) is 0 Å². The van der Waals surface area contributed by atoms with Crippen molar-refractivity contribution in [3.8, 4) is 22.8 Å². The molecule has 0 bridgehead atoms. The summed E-state index contributed by atoms with van der Waals surface area (Å²) in [5, 5.41) is 12.7. The zero-order valence-corrected chi connectivity index (χ0v) is 20.8. The lowest BCUT2D eigenvalue weighted by atomic mass is 10.1. The van der Waals surface area contributed by atoms with E-state index in [1.165, 1.54) is 23.1 Å². The van der Waals surface area contributed by atoms with E-state index in [1.54, 1.807) is 7.11 Å². The van der Waals surface area contributed by atoms with Gasteiger partial charge in [-0.3, -0.25) is 4.79 Å². The third kappa shape index (κ3) is 5.57. The van der Waals surface area contributed by atoms with Crippen LogP contribution >= 0.6 is 23.1 Å². The lowest BCUT2D eigenvalue weighted by molar-refractivity contribution is -0.113. The Balaban J connectivity index is 1.35. The van der Waals surface area contributed by atoms with Crippen LogP contribution in [0.4, 0.5) is 5.13 Å². The quantitative estimate of drug-likeness (QED) is 0.308. The van der Waals surface area contributed by atoms with Crippen LogP contribution in [0.1, 0.15) is 17.6 Å². The van der Waals surface area contributed by atoms with E-state index in [2.05, 4.69) is 20.5 Å². The lowest BCUT2D eigenvalue weighted by Crippen LogP contribution is -2.14. The van der Waals surface area contributed by atoms with Crippen LogP contribution in [-0.2, 0) is 17.9 Å². The molecule has 34 heavy (non-hydrogen) atoms. The summed E-state index contributed by atoms with van der Waals surface area (Å²) >= 11 is 2.80. The second-order valence-electron chi connectivity index (χ2n) is 7.21. The lowest BCUT2D eigenvalue weighted by Gasteiger charge is -2.11. The number of methoxy groups -OCH3 is 1. The molecular weight excluding hydrogens is 470 g/mol. The molecule has 176 valence electrons. The molecule has 2 aromatic carbocycles. The first kappa shape index (κ1) is 23.8. The molecule has 0 unspecified atom stereocenters. The molecule has 2 heterocycles. The van der Waals surface area contributed by atoms with Crippen LogP contribution in [0.5, 0.6) is 11.5 Å². The Bertz CT molecular complexity index is 1260. The van der Waals surface area contributed by atoms with Crippen LogP contribution in [0.2, 0.25) is 0 Å². The van der Waals surface area contributed by atoms with Crippen molar-refractivity contribution in [2.75, 3.05) is 18.2 Å². The first-order valence-corrected chi connectivity index (χ1v) is 12.5. The summed E-state index contributed by atoms with van der Waals surface area (Å²) in [5.41, 5.74) is 1.92. The van der Waals surface area contributed by atoms with E-state index in [1.807, 2.05) is 73.0 Å². The summed E-state index contributed by atoms with van der Waals surface area (Å²) in [6.07, 6.45) is 0. The predicted octanol–water partition coefficient (Wildman–Crippen LogP) is 5.05. The van der Waals surface area contributed by atoms with Gasteiger partial charge in [0.2, 0.25) is 5.91 Å². The zero-order valence-electron chi connectivity index (χ0n) is 19.1. The molecule has 2 aromatic heterocycles. The number of para-hydroxylation sites is 2. The molecule has 4 aromatic rings. The number of aromatic nitrogens is 4. The van der Waals surface area contributed by atoms with E-state index in [4.69, 9.17) is 9.47 Å². The van der Waals surface area contributed by atoms with Crippen molar-refractivity contribution in [3.63, 3.8) is 0 Å². The number of carbonyl (C=O) groups excluding carboxylic acids is 1. The number of hydrogen-bond donors (Lipinski definition) is 1. The van der Waals surface area contributed by atoms with Crippen molar-refractivity contribution < 1.29 is 14.3 Å². The number of amides is 1. The van der Waals surface area contributed by atoms with Gasteiger partial charge in [0.1, 0.15) is 6.61 Å². The number of ether oxygens (including phenoxy) is 2. The average molecular weight is 496 g/mol. The predicted molar refractivity (Wildman–Crippen MR) is 135 cm³/mol. The third-order valence-corrected chi connectivity index (χ3v) is 6.81. The molecule has 8 nitrogen and oxygen atoms in total. The first-order valence-electron chi connectivity index (χ1n) is 10.7. The van der Waals surface area contributed by atoms with E-state index in [0.717, 1.165) is 16.1 Å². The number of nitrogens with one attached hydrogen (secondary N) is 1. The van der Waals surface area contributed by atoms with Gasteiger partial charge in [-0.25, -0.2) is 4.98 Å². The fourth-order valence-electron chi connectivity index (χ4n) is 3.33. The number of aryl methyl sites for hydroxylation is 1. The number of nitrogens with zero attached hydrogens (tertiary/aromatic N) is 4. The van der Waals surface area contributed by atoms with E-state index in [0.29, 0.717) is 34.2 Å². The van der Waals surface area contributed by atoms with Crippen molar-refractivity contribution >= 4 is 34.1 Å². The third-order valence-electron chi connectivity index (χ3n) is 4.96. The smallest absolute Gasteiger partial charge is 0.236 e. The van der Waals surface area contributed by atoms with Gasteiger partial charge in [-0.2, -0.15) is 0 Å². The van der Waals surface area contributed by atoms with Gasteiger partial charge in [-0.1, -0.05) is 54.2 Å². The SMILES string of the molecule is CCn1c(COc2ccccc2OC)nnc1SCC(=O)Nc1nc(-c2ccccc2)c(C)s1. The van der Waals surface area contributed by atoms with Crippen LogP contribution in [0.3, 0.4) is 0 Å². The van der Waals surface area contributed by atoms with Gasteiger partial charge in [-0.15, -0.1) is 21.5 Å². The number of rotatable bonds is 10. The van der Waals surface area contributed by atoms with Gasteiger partial charge in [0, 0.05) is 17.0 Å². The largest absolute Gasteiger partial charge is 0.493 e. The number of hydrogen-bond acceptors (Lipinski definition) is 8. The number of anilines is 1. The van der Waals surface area contributed by atoms with Crippen molar-refractivity contribution in [3.05, 3.63) is 65.3 Å². The maximum atomic E-state index is 12.6. The monoisotopic (exact) mass is 495 g/mol. The highest BCUT2D eigenvalue weighted by Gasteiger charge is 2.16. The van der Waals surface area contributed by atoms with E-state index in [-0.39, 0.29) is 18.3 Å². The van der Waals surface area contributed by atoms with Gasteiger partial charge < -0.3 is 19.4 Å². The van der Waals surface area contributed by atoms with Crippen molar-refractivity contribution in [2.45, 2.75) is 32.2 Å². The fraction of sp³-hybridized carbons (Fsp3) is 0.250. The van der Waals surface area contributed by atoms with Crippen LogP contribution in [0.15, 0.2) is 59.8 Å². The molecule has 10 heteroatoms. The first-order chi connectivity index (χ1) is 16.6. The molecule has 0 radical (unpaired) electrons. The number of thiazole rings is 1. The molecule has 0 saturated heterocycles. The van der Waals surface area contributed by atoms with Crippen molar-refractivity contribution in [1.82, 2.24) is 19.7 Å². The van der Waals surface area contributed by atoms with E-state index in [9.17, 15) is 4.79 Å². The highest BCUT2D eigenvalue weighted by Crippen LogP contribution is 2.30. The minimum atomic E-state index is -0.143. The Morgan fingerprint density at radius 3 is 2.56 bits per heavy atom. The van der Waals surface area contributed by atoms with Crippen LogP contribution in [0, 0.1) is 6.92 Å². The standard InChI is InChI=1S/C24H25N5O3S2/c1-4-29-20(14-32-19-13-9-8-12-18(19)31-3)27-28-24(29)33-15-21(30)25-23-26-22(16(2)34-23)17-10-6-5-7-11-17/h5-13H,4,14-15H2,1-3H3,(H,25,26,30). The van der Waals surface area contributed by atoms with Crippen LogP contribution < -0.4 is 14.8 Å². The Kier molecular flexibility index (Phi) is 7.81. The van der Waals surface area contributed by atoms with E-state index >= 15 is 0 Å². The molecule has 1 amide bonds. The molecule has 0 aliphatic rings. The molecular formula is C24H25N5O3S2. The van der Waals surface area contributed by atoms with Gasteiger partial charge in [0.05, 0.1) is 18.6 Å². The molecule has 0 fully saturated rings. The fourth-order valence-corrected chi connectivity index (χ4v) is 5.00. The summed E-state index contributed by atoms with van der Waals surface area (Å²) in [4.78, 5) is 18.2. The van der Waals surface area contributed by atoms with Gasteiger partial charge in [0.15, 0.2) is 27.6 Å². The maximum Gasteiger partial charge on any atom is 0.236 e. The summed E-state index contributed by atoms with van der Waals surface area (Å²) in [6, 6.07) is 17.4. The molecule has 0 atom stereocenters. The van der Waals surface area contributed by atoms with Crippen molar-refractivity contribution in [1.29, 1.82) is 0 Å². The second kappa shape index (κ2) is 11.2. The summed E-state index contributed by atoms with van der Waals surface area (Å²) in [5.74, 6) is 2.03. The van der Waals surface area contributed by atoms with E-state index < -0.39 is 0 Å². The Hall–Kier alpha value is -3.37. The normalized spacial score (nSPS) is 10.8. The second-order valence-corrected chi connectivity index (χ2v) is 9.35. The molecule has 4 rings (SSSR count). The molecule has 0 aliphatic carbocycles. The van der Waals surface area contributed by atoms with Gasteiger partial charge in [0.25, 0.3) is 0 Å². The maximum absolute atomic E-state index is 12.6.